The van der Waals surface area contributed by atoms with E-state index in [0.29, 0.717) is 24.0 Å². The van der Waals surface area contributed by atoms with Gasteiger partial charge in [0, 0.05) is 24.1 Å². The molecule has 7 heteroatoms. The number of guanidine groups is 1. The van der Waals surface area contributed by atoms with Crippen molar-refractivity contribution in [3.8, 4) is 0 Å². The number of aromatic nitrogens is 1. The van der Waals surface area contributed by atoms with E-state index in [0.717, 1.165) is 30.8 Å². The zero-order valence-electron chi connectivity index (χ0n) is 15.6. The highest BCUT2D eigenvalue weighted by molar-refractivity contribution is 14.0. The van der Waals surface area contributed by atoms with Crippen LogP contribution in [0.15, 0.2) is 39.8 Å². The number of rotatable bonds is 8. The van der Waals surface area contributed by atoms with Crippen molar-refractivity contribution in [2.24, 2.45) is 4.99 Å². The van der Waals surface area contributed by atoms with Crippen LogP contribution in [0, 0.1) is 5.82 Å². The Morgan fingerprint density at radius 1 is 1.19 bits per heavy atom. The van der Waals surface area contributed by atoms with Crippen LogP contribution in [0.1, 0.15) is 56.5 Å². The van der Waals surface area contributed by atoms with E-state index in [1.807, 2.05) is 19.1 Å². The third-order valence-electron chi connectivity index (χ3n) is 4.12. The van der Waals surface area contributed by atoms with Crippen molar-refractivity contribution >= 4 is 29.9 Å². The van der Waals surface area contributed by atoms with E-state index < -0.39 is 0 Å². The van der Waals surface area contributed by atoms with Gasteiger partial charge in [-0.05, 0) is 25.8 Å². The van der Waals surface area contributed by atoms with E-state index in [9.17, 15) is 4.39 Å². The molecule has 2 aromatic rings. The van der Waals surface area contributed by atoms with Gasteiger partial charge in [0.2, 0.25) is 0 Å². The fraction of sp³-hybridized carbons (Fsp3) is 0.474. The summed E-state index contributed by atoms with van der Waals surface area (Å²) in [5.74, 6) is 1.57. The highest BCUT2D eigenvalue weighted by Gasteiger charge is 2.13. The molecule has 0 unspecified atom stereocenters. The maximum absolute atomic E-state index is 13.7. The molecule has 0 fully saturated rings. The highest BCUT2D eigenvalue weighted by atomic mass is 127. The van der Waals surface area contributed by atoms with Crippen LogP contribution in [0.3, 0.4) is 0 Å². The second kappa shape index (κ2) is 11.9. The lowest BCUT2D eigenvalue weighted by atomic mass is 9.99. The number of benzene rings is 1. The number of nitrogens with one attached hydrogen (secondary N) is 2. The van der Waals surface area contributed by atoms with E-state index in [-0.39, 0.29) is 36.3 Å². The van der Waals surface area contributed by atoms with Gasteiger partial charge < -0.3 is 15.2 Å². The fourth-order valence-electron chi connectivity index (χ4n) is 2.62. The first-order chi connectivity index (χ1) is 12.2. The predicted molar refractivity (Wildman–Crippen MR) is 113 cm³/mol. The lowest BCUT2D eigenvalue weighted by Crippen LogP contribution is -2.36. The second-order valence-corrected chi connectivity index (χ2v) is 5.87. The molecule has 1 heterocycles. The Morgan fingerprint density at radius 2 is 1.92 bits per heavy atom. The van der Waals surface area contributed by atoms with Gasteiger partial charge in [-0.3, -0.25) is 0 Å². The molecule has 0 atom stereocenters. The Hall–Kier alpha value is -1.64. The largest absolute Gasteiger partial charge is 0.359 e. The van der Waals surface area contributed by atoms with E-state index in [1.165, 1.54) is 6.07 Å². The SMILES string of the molecule is CCNC(=NCc1ccccc1F)NCc1cc(C(CC)CC)no1.I. The van der Waals surface area contributed by atoms with Gasteiger partial charge in [-0.1, -0.05) is 37.2 Å². The van der Waals surface area contributed by atoms with Crippen molar-refractivity contribution < 1.29 is 8.91 Å². The molecule has 0 aliphatic heterocycles. The first kappa shape index (κ1) is 22.4. The third-order valence-corrected chi connectivity index (χ3v) is 4.12. The number of halogens is 2. The summed E-state index contributed by atoms with van der Waals surface area (Å²) >= 11 is 0. The van der Waals surface area contributed by atoms with Crippen LogP contribution in [-0.2, 0) is 13.1 Å². The summed E-state index contributed by atoms with van der Waals surface area (Å²) in [4.78, 5) is 4.43. The normalized spacial score (nSPS) is 11.3. The number of aliphatic imine (C=N–C) groups is 1. The zero-order valence-corrected chi connectivity index (χ0v) is 17.9. The molecular weight excluding hydrogens is 446 g/mol. The summed E-state index contributed by atoms with van der Waals surface area (Å²) in [6, 6.07) is 8.65. The molecule has 0 saturated heterocycles. The van der Waals surface area contributed by atoms with Gasteiger partial charge in [0.05, 0.1) is 18.8 Å². The molecule has 0 bridgehead atoms. The molecule has 0 amide bonds. The Labute approximate surface area is 171 Å². The molecule has 5 nitrogen and oxygen atoms in total. The van der Waals surface area contributed by atoms with E-state index in [2.05, 4.69) is 34.6 Å². The van der Waals surface area contributed by atoms with Crippen LogP contribution < -0.4 is 10.6 Å². The van der Waals surface area contributed by atoms with Crippen LogP contribution >= 0.6 is 24.0 Å². The molecule has 1 aromatic heterocycles. The smallest absolute Gasteiger partial charge is 0.191 e. The first-order valence-electron chi connectivity index (χ1n) is 8.88. The molecule has 1 aromatic carbocycles. The summed E-state index contributed by atoms with van der Waals surface area (Å²) in [6.45, 7) is 7.77. The minimum Gasteiger partial charge on any atom is -0.359 e. The molecule has 26 heavy (non-hydrogen) atoms. The average Bonchev–Trinajstić information content (AvgIpc) is 3.08. The van der Waals surface area contributed by atoms with Gasteiger partial charge in [-0.15, -0.1) is 24.0 Å². The molecule has 144 valence electrons. The summed E-state index contributed by atoms with van der Waals surface area (Å²) < 4.78 is 19.1. The highest BCUT2D eigenvalue weighted by Crippen LogP contribution is 2.22. The van der Waals surface area contributed by atoms with Crippen molar-refractivity contribution in [3.63, 3.8) is 0 Å². The molecule has 0 spiro atoms. The Bertz CT molecular complexity index is 686. The minimum atomic E-state index is -0.243. The van der Waals surface area contributed by atoms with Crippen molar-refractivity contribution in [3.05, 3.63) is 53.2 Å². The maximum atomic E-state index is 13.7. The van der Waals surface area contributed by atoms with Gasteiger partial charge in [0.15, 0.2) is 11.7 Å². The van der Waals surface area contributed by atoms with Gasteiger partial charge >= 0.3 is 0 Å². The Kier molecular flexibility index (Phi) is 10.2. The summed E-state index contributed by atoms with van der Waals surface area (Å²) in [7, 11) is 0. The predicted octanol–water partition coefficient (Wildman–Crippen LogP) is 4.59. The standard InChI is InChI=1S/C19H27FN4O.HI/c1-4-14(5-2)18-11-16(25-24-18)13-23-19(21-6-3)22-12-15-9-7-8-10-17(15)20;/h7-11,14H,4-6,12-13H2,1-3H3,(H2,21,22,23);1H. The van der Waals surface area contributed by atoms with E-state index in [1.54, 1.807) is 12.1 Å². The van der Waals surface area contributed by atoms with Crippen LogP contribution in [0.2, 0.25) is 0 Å². The summed E-state index contributed by atoms with van der Waals surface area (Å²) in [5, 5.41) is 10.5. The number of hydrogen-bond donors (Lipinski definition) is 2. The first-order valence-corrected chi connectivity index (χ1v) is 8.88. The Balaban J connectivity index is 0.00000338. The van der Waals surface area contributed by atoms with Crippen LogP contribution in [0.4, 0.5) is 4.39 Å². The summed E-state index contributed by atoms with van der Waals surface area (Å²) in [6.07, 6.45) is 2.09. The maximum Gasteiger partial charge on any atom is 0.191 e. The summed E-state index contributed by atoms with van der Waals surface area (Å²) in [5.41, 5.74) is 1.56. The minimum absolute atomic E-state index is 0. The van der Waals surface area contributed by atoms with Crippen molar-refractivity contribution in [2.75, 3.05) is 6.54 Å². The molecular formula is C19H28FIN4O. The van der Waals surface area contributed by atoms with Crippen LogP contribution in [0.25, 0.3) is 0 Å². The monoisotopic (exact) mass is 474 g/mol. The molecule has 0 aliphatic rings. The van der Waals surface area contributed by atoms with Crippen molar-refractivity contribution in [2.45, 2.75) is 52.6 Å². The Morgan fingerprint density at radius 3 is 2.58 bits per heavy atom. The van der Waals surface area contributed by atoms with Gasteiger partial charge in [0.1, 0.15) is 5.82 Å². The molecule has 0 radical (unpaired) electrons. The number of hydrogen-bond acceptors (Lipinski definition) is 3. The molecule has 2 N–H and O–H groups in total. The number of nitrogens with zero attached hydrogens (tertiary/aromatic N) is 2. The van der Waals surface area contributed by atoms with E-state index >= 15 is 0 Å². The quantitative estimate of drug-likeness (QED) is 0.334. The topological polar surface area (TPSA) is 62.5 Å². The lowest BCUT2D eigenvalue weighted by molar-refractivity contribution is 0.368. The lowest BCUT2D eigenvalue weighted by Gasteiger charge is -2.10. The van der Waals surface area contributed by atoms with Gasteiger partial charge in [-0.2, -0.15) is 0 Å². The molecule has 0 aliphatic carbocycles. The zero-order chi connectivity index (χ0) is 18.1. The molecule has 2 rings (SSSR count). The fourth-order valence-corrected chi connectivity index (χ4v) is 2.62. The van der Waals surface area contributed by atoms with Crippen LogP contribution in [-0.4, -0.2) is 17.7 Å². The third kappa shape index (κ3) is 6.59. The van der Waals surface area contributed by atoms with Gasteiger partial charge in [0.25, 0.3) is 0 Å². The second-order valence-electron chi connectivity index (χ2n) is 5.87. The van der Waals surface area contributed by atoms with Crippen molar-refractivity contribution in [1.29, 1.82) is 0 Å². The van der Waals surface area contributed by atoms with Gasteiger partial charge in [-0.25, -0.2) is 9.38 Å². The van der Waals surface area contributed by atoms with Crippen molar-refractivity contribution in [1.82, 2.24) is 15.8 Å². The molecule has 0 saturated carbocycles. The average molecular weight is 474 g/mol. The van der Waals surface area contributed by atoms with Crippen LogP contribution in [0.5, 0.6) is 0 Å². The van der Waals surface area contributed by atoms with E-state index in [4.69, 9.17) is 4.52 Å².